The minimum Gasteiger partial charge on any atom is -0.411 e. The quantitative estimate of drug-likeness (QED) is 0.408. The fraction of sp³-hybridized carbons (Fsp3) is 0.208. The van der Waals surface area contributed by atoms with Crippen molar-refractivity contribution >= 4 is 34.1 Å². The first-order chi connectivity index (χ1) is 14.4. The summed E-state index contributed by atoms with van der Waals surface area (Å²) in [6, 6.07) is 21.9. The molecule has 0 bridgehead atoms. The summed E-state index contributed by atoms with van der Waals surface area (Å²) in [7, 11) is 0. The molecule has 0 radical (unpaired) electrons. The summed E-state index contributed by atoms with van der Waals surface area (Å²) in [5.74, 6) is 0.520. The number of benzene rings is 3. The Morgan fingerprint density at radius 2 is 1.70 bits per heavy atom. The second-order valence-corrected chi connectivity index (χ2v) is 8.99. The van der Waals surface area contributed by atoms with E-state index >= 15 is 0 Å². The van der Waals surface area contributed by atoms with Crippen LogP contribution >= 0.6 is 11.8 Å². The monoisotopic (exact) mass is 417 g/mol. The summed E-state index contributed by atoms with van der Waals surface area (Å²) in [6.07, 6.45) is 0. The fourth-order valence-corrected chi connectivity index (χ4v) is 3.71. The van der Waals surface area contributed by atoms with Gasteiger partial charge in [-0.3, -0.25) is 4.79 Å². The van der Waals surface area contributed by atoms with Gasteiger partial charge in [0.15, 0.2) is 0 Å². The maximum atomic E-state index is 12.4. The normalized spacial score (nSPS) is 11.6. The molecule has 0 fully saturated rings. The van der Waals surface area contributed by atoms with Crippen LogP contribution in [-0.2, 0) is 10.2 Å². The number of thioether (sulfide) groups is 1. The first-order valence-electron chi connectivity index (χ1n) is 9.75. The average Bonchev–Trinajstić information content (AvgIpc) is 3.21. The second-order valence-electron chi connectivity index (χ2n) is 8.06. The summed E-state index contributed by atoms with van der Waals surface area (Å²) < 4.78 is 5.73. The summed E-state index contributed by atoms with van der Waals surface area (Å²) in [6.45, 7) is 6.52. The van der Waals surface area contributed by atoms with Crippen molar-refractivity contribution in [2.75, 3.05) is 11.1 Å². The van der Waals surface area contributed by atoms with Crippen LogP contribution < -0.4 is 5.32 Å². The smallest absolute Gasteiger partial charge is 0.277 e. The molecule has 0 aliphatic carbocycles. The molecule has 1 heterocycles. The minimum absolute atomic E-state index is 0.0891. The highest BCUT2D eigenvalue weighted by Gasteiger charge is 2.15. The number of hydrogen-bond donors (Lipinski definition) is 1. The molecule has 0 saturated carbocycles. The van der Waals surface area contributed by atoms with Gasteiger partial charge in [0, 0.05) is 16.6 Å². The highest BCUT2D eigenvalue weighted by Crippen LogP contribution is 2.28. The molecule has 0 saturated heterocycles. The number of hydrogen-bond acceptors (Lipinski definition) is 5. The second kappa shape index (κ2) is 8.32. The topological polar surface area (TPSA) is 68.0 Å². The van der Waals surface area contributed by atoms with Crippen LogP contribution in [0.2, 0.25) is 0 Å². The lowest BCUT2D eigenvalue weighted by Gasteiger charge is -2.18. The summed E-state index contributed by atoms with van der Waals surface area (Å²) in [4.78, 5) is 12.4. The molecule has 30 heavy (non-hydrogen) atoms. The Bertz CT molecular complexity index is 1170. The van der Waals surface area contributed by atoms with E-state index in [2.05, 4.69) is 48.4 Å². The lowest BCUT2D eigenvalue weighted by Crippen LogP contribution is -2.14. The Morgan fingerprint density at radius 1 is 0.967 bits per heavy atom. The van der Waals surface area contributed by atoms with Crippen molar-refractivity contribution in [2.24, 2.45) is 0 Å². The Kier molecular flexibility index (Phi) is 5.59. The third-order valence-corrected chi connectivity index (χ3v) is 5.61. The van der Waals surface area contributed by atoms with Crippen molar-refractivity contribution in [3.63, 3.8) is 0 Å². The van der Waals surface area contributed by atoms with Gasteiger partial charge < -0.3 is 9.73 Å². The van der Waals surface area contributed by atoms with Gasteiger partial charge in [0.25, 0.3) is 5.22 Å². The molecule has 0 aliphatic rings. The molecule has 4 rings (SSSR count). The number of aromatic nitrogens is 2. The van der Waals surface area contributed by atoms with Crippen LogP contribution in [0.5, 0.6) is 0 Å². The van der Waals surface area contributed by atoms with Crippen molar-refractivity contribution in [2.45, 2.75) is 31.4 Å². The number of anilines is 1. The van der Waals surface area contributed by atoms with Gasteiger partial charge in [0.1, 0.15) is 0 Å². The van der Waals surface area contributed by atoms with E-state index in [0.29, 0.717) is 11.1 Å². The van der Waals surface area contributed by atoms with Gasteiger partial charge in [-0.05, 0) is 34.6 Å². The molecular weight excluding hydrogens is 394 g/mol. The van der Waals surface area contributed by atoms with Gasteiger partial charge in [0.2, 0.25) is 11.8 Å². The van der Waals surface area contributed by atoms with Gasteiger partial charge in [-0.1, -0.05) is 81.1 Å². The Morgan fingerprint density at radius 3 is 2.47 bits per heavy atom. The van der Waals surface area contributed by atoms with Gasteiger partial charge in [-0.25, -0.2) is 0 Å². The van der Waals surface area contributed by atoms with Crippen LogP contribution in [-0.4, -0.2) is 21.9 Å². The third kappa shape index (κ3) is 4.54. The number of rotatable bonds is 5. The largest absolute Gasteiger partial charge is 0.411 e. The zero-order valence-electron chi connectivity index (χ0n) is 17.2. The molecule has 0 aliphatic heterocycles. The predicted octanol–water partition coefficient (Wildman–Crippen LogP) is 5.92. The van der Waals surface area contributed by atoms with Crippen LogP contribution in [0.4, 0.5) is 5.69 Å². The van der Waals surface area contributed by atoms with Gasteiger partial charge in [-0.15, -0.1) is 10.2 Å². The molecule has 1 amide bonds. The van der Waals surface area contributed by atoms with E-state index in [1.165, 1.54) is 17.3 Å². The standard InChI is InChI=1S/C24H23N3O2S/c1-24(2,3)18-13-11-17(12-14-18)22-26-27-23(29-22)30-15-21(28)25-20-10-6-8-16-7-4-5-9-19(16)20/h4-14H,15H2,1-3H3,(H,25,28). The molecule has 152 valence electrons. The number of nitrogens with zero attached hydrogens (tertiary/aromatic N) is 2. The molecule has 0 spiro atoms. The predicted molar refractivity (Wildman–Crippen MR) is 122 cm³/mol. The van der Waals surface area contributed by atoms with Crippen molar-refractivity contribution in [3.05, 3.63) is 72.3 Å². The van der Waals surface area contributed by atoms with E-state index in [9.17, 15) is 4.79 Å². The molecule has 5 nitrogen and oxygen atoms in total. The molecule has 0 unspecified atom stereocenters. The fourth-order valence-electron chi connectivity index (χ4n) is 3.15. The molecule has 6 heteroatoms. The first kappa shape index (κ1) is 20.2. The Hall–Kier alpha value is -3.12. The van der Waals surface area contributed by atoms with Gasteiger partial charge >= 0.3 is 0 Å². The van der Waals surface area contributed by atoms with E-state index in [1.54, 1.807) is 0 Å². The zero-order valence-corrected chi connectivity index (χ0v) is 18.0. The minimum atomic E-state index is -0.120. The van der Waals surface area contributed by atoms with Crippen LogP contribution in [0.25, 0.3) is 22.2 Å². The van der Waals surface area contributed by atoms with Crippen molar-refractivity contribution in [1.29, 1.82) is 0 Å². The number of carbonyl (C=O) groups excluding carboxylic acids is 1. The summed E-state index contributed by atoms with van der Waals surface area (Å²) >= 11 is 1.22. The molecular formula is C24H23N3O2S. The molecule has 3 aromatic carbocycles. The Labute approximate surface area is 179 Å². The number of nitrogens with one attached hydrogen (secondary N) is 1. The number of fused-ring (bicyclic) bond motifs is 1. The zero-order chi connectivity index (χ0) is 21.1. The SMILES string of the molecule is CC(C)(C)c1ccc(-c2nnc(SCC(=O)Nc3cccc4ccccc34)o2)cc1. The third-order valence-electron chi connectivity index (χ3n) is 4.79. The van der Waals surface area contributed by atoms with Crippen LogP contribution in [0.3, 0.4) is 0 Å². The highest BCUT2D eigenvalue weighted by atomic mass is 32.2. The van der Waals surface area contributed by atoms with E-state index < -0.39 is 0 Å². The van der Waals surface area contributed by atoms with Crippen molar-refractivity contribution < 1.29 is 9.21 Å². The van der Waals surface area contributed by atoms with Gasteiger partial charge in [0.05, 0.1) is 5.75 Å². The lowest BCUT2D eigenvalue weighted by atomic mass is 9.87. The summed E-state index contributed by atoms with van der Waals surface area (Å²) in [5.41, 5.74) is 2.99. The molecule has 4 aromatic rings. The lowest BCUT2D eigenvalue weighted by molar-refractivity contribution is -0.113. The Balaban J connectivity index is 1.39. The highest BCUT2D eigenvalue weighted by molar-refractivity contribution is 7.99. The summed E-state index contributed by atoms with van der Waals surface area (Å²) in [5, 5.41) is 13.6. The molecule has 1 aromatic heterocycles. The molecule has 1 N–H and O–H groups in total. The molecule has 0 atom stereocenters. The van der Waals surface area contributed by atoms with Gasteiger partial charge in [-0.2, -0.15) is 0 Å². The van der Waals surface area contributed by atoms with E-state index in [0.717, 1.165) is 22.0 Å². The van der Waals surface area contributed by atoms with Crippen LogP contribution in [0.1, 0.15) is 26.3 Å². The van der Waals surface area contributed by atoms with E-state index in [1.807, 2.05) is 54.6 Å². The average molecular weight is 418 g/mol. The van der Waals surface area contributed by atoms with Crippen molar-refractivity contribution in [1.82, 2.24) is 10.2 Å². The van der Waals surface area contributed by atoms with Crippen molar-refractivity contribution in [3.8, 4) is 11.5 Å². The van der Waals surface area contributed by atoms with Crippen LogP contribution in [0.15, 0.2) is 76.4 Å². The van der Waals surface area contributed by atoms with Crippen LogP contribution in [0, 0.1) is 0 Å². The van der Waals surface area contributed by atoms with E-state index in [-0.39, 0.29) is 17.1 Å². The first-order valence-corrected chi connectivity index (χ1v) is 10.7. The van der Waals surface area contributed by atoms with E-state index in [4.69, 9.17) is 4.42 Å². The maximum Gasteiger partial charge on any atom is 0.277 e. The number of amides is 1. The number of carbonyl (C=O) groups is 1. The maximum absolute atomic E-state index is 12.4.